The van der Waals surface area contributed by atoms with Gasteiger partial charge in [0.1, 0.15) is 15.7 Å². The molecule has 100 valence electrons. The fourth-order valence-corrected chi connectivity index (χ4v) is 3.73. The van der Waals surface area contributed by atoms with Crippen molar-refractivity contribution in [2.24, 2.45) is 0 Å². The molecular weight excluding hydrogens is 288 g/mol. The summed E-state index contributed by atoms with van der Waals surface area (Å²) in [6, 6.07) is 10.1. The van der Waals surface area contributed by atoms with E-state index >= 15 is 0 Å². The highest BCUT2D eigenvalue weighted by atomic mass is 32.1. The van der Waals surface area contributed by atoms with Gasteiger partial charge in [0, 0.05) is 17.9 Å². The number of nitrogens with zero attached hydrogens (tertiary/aromatic N) is 2. The van der Waals surface area contributed by atoms with E-state index in [1.807, 2.05) is 42.6 Å². The van der Waals surface area contributed by atoms with Crippen LogP contribution in [-0.2, 0) is 0 Å². The molecule has 0 bridgehead atoms. The lowest BCUT2D eigenvalue weighted by molar-refractivity contribution is 0.102. The summed E-state index contributed by atoms with van der Waals surface area (Å²) in [4.78, 5) is 21.3. The average Bonchev–Trinajstić information content (AvgIpc) is 3.06. The lowest BCUT2D eigenvalue weighted by atomic mass is 10.2. The lowest BCUT2D eigenvalue weighted by Crippen LogP contribution is -1.89. The van der Waals surface area contributed by atoms with Gasteiger partial charge in [-0.25, -0.2) is 9.97 Å². The molecule has 0 aliphatic rings. The van der Waals surface area contributed by atoms with E-state index in [-0.39, 0.29) is 5.78 Å². The summed E-state index contributed by atoms with van der Waals surface area (Å²) in [6.07, 6.45) is 0. The van der Waals surface area contributed by atoms with Crippen molar-refractivity contribution in [3.63, 3.8) is 0 Å². The molecule has 3 aromatic rings. The molecule has 0 aliphatic heterocycles. The Labute approximate surface area is 125 Å². The predicted octanol–water partition coefficient (Wildman–Crippen LogP) is 4.44. The molecule has 0 aliphatic carbocycles. The highest BCUT2D eigenvalue weighted by molar-refractivity contribution is 7.18. The third kappa shape index (κ3) is 2.42. The van der Waals surface area contributed by atoms with Crippen LogP contribution >= 0.6 is 22.7 Å². The van der Waals surface area contributed by atoms with Gasteiger partial charge >= 0.3 is 0 Å². The predicted molar refractivity (Wildman–Crippen MR) is 83.4 cm³/mol. The van der Waals surface area contributed by atoms with Crippen molar-refractivity contribution in [1.29, 1.82) is 0 Å². The maximum absolute atomic E-state index is 11.5. The Hall–Kier alpha value is -1.85. The zero-order chi connectivity index (χ0) is 14.1. The first-order valence-corrected chi connectivity index (χ1v) is 7.84. The van der Waals surface area contributed by atoms with Gasteiger partial charge in [-0.1, -0.05) is 30.3 Å². The van der Waals surface area contributed by atoms with Crippen LogP contribution in [0.3, 0.4) is 0 Å². The van der Waals surface area contributed by atoms with E-state index in [9.17, 15) is 4.79 Å². The molecule has 2 heterocycles. The molecule has 5 heteroatoms. The number of hydrogen-bond acceptors (Lipinski definition) is 5. The molecule has 3 rings (SSSR count). The van der Waals surface area contributed by atoms with E-state index in [0.717, 1.165) is 27.0 Å². The summed E-state index contributed by atoms with van der Waals surface area (Å²) in [5, 5.41) is 3.77. The van der Waals surface area contributed by atoms with Crippen molar-refractivity contribution in [3.8, 4) is 21.3 Å². The van der Waals surface area contributed by atoms with Gasteiger partial charge in [0.25, 0.3) is 0 Å². The van der Waals surface area contributed by atoms with Crippen LogP contribution in [0.25, 0.3) is 21.3 Å². The summed E-state index contributed by atoms with van der Waals surface area (Å²) in [5.74, 6) is 0.0600. The van der Waals surface area contributed by atoms with Gasteiger partial charge in [-0.2, -0.15) is 0 Å². The first-order chi connectivity index (χ1) is 9.65. The Balaban J connectivity index is 1.98. The van der Waals surface area contributed by atoms with Crippen molar-refractivity contribution < 1.29 is 4.79 Å². The Morgan fingerprint density at radius 1 is 1.10 bits per heavy atom. The van der Waals surface area contributed by atoms with E-state index < -0.39 is 0 Å². The minimum atomic E-state index is 0.0600. The van der Waals surface area contributed by atoms with E-state index in [4.69, 9.17) is 0 Å². The summed E-state index contributed by atoms with van der Waals surface area (Å²) < 4.78 is 0. The SMILES string of the molecule is CC(=O)c1sc(-c2csc(-c3ccccc3)n2)nc1C. The van der Waals surface area contributed by atoms with E-state index in [1.165, 1.54) is 11.3 Å². The molecule has 2 aromatic heterocycles. The fourth-order valence-electron chi connectivity index (χ4n) is 1.92. The van der Waals surface area contributed by atoms with E-state index in [1.54, 1.807) is 18.3 Å². The average molecular weight is 300 g/mol. The van der Waals surface area contributed by atoms with Crippen molar-refractivity contribution in [3.05, 3.63) is 46.3 Å². The Morgan fingerprint density at radius 2 is 1.85 bits per heavy atom. The smallest absolute Gasteiger partial charge is 0.171 e. The molecule has 0 N–H and O–H groups in total. The summed E-state index contributed by atoms with van der Waals surface area (Å²) >= 11 is 3.00. The third-order valence-electron chi connectivity index (χ3n) is 2.86. The highest BCUT2D eigenvalue weighted by Crippen LogP contribution is 2.32. The molecule has 1 aromatic carbocycles. The lowest BCUT2D eigenvalue weighted by Gasteiger charge is -1.93. The first kappa shape index (κ1) is 13.1. The van der Waals surface area contributed by atoms with Crippen LogP contribution in [0, 0.1) is 6.92 Å². The number of Topliss-reactive ketones (excluding diaryl/α,β-unsaturated/α-hetero) is 1. The quantitative estimate of drug-likeness (QED) is 0.671. The van der Waals surface area contributed by atoms with Crippen LogP contribution < -0.4 is 0 Å². The largest absolute Gasteiger partial charge is 0.294 e. The number of hydrogen-bond donors (Lipinski definition) is 0. The van der Waals surface area contributed by atoms with Crippen LogP contribution in [0.2, 0.25) is 0 Å². The first-order valence-electron chi connectivity index (χ1n) is 6.15. The second-order valence-corrected chi connectivity index (χ2v) is 6.25. The van der Waals surface area contributed by atoms with Gasteiger partial charge in [0.15, 0.2) is 5.78 Å². The second-order valence-electron chi connectivity index (χ2n) is 4.39. The number of ketones is 1. The fraction of sp³-hybridized carbons (Fsp3) is 0.133. The van der Waals surface area contributed by atoms with Gasteiger partial charge in [-0.05, 0) is 6.92 Å². The number of rotatable bonds is 3. The molecular formula is C15H12N2OS2. The number of aromatic nitrogens is 2. The number of carbonyl (C=O) groups is 1. The molecule has 20 heavy (non-hydrogen) atoms. The van der Waals surface area contributed by atoms with Gasteiger partial charge in [0.05, 0.1) is 10.6 Å². The summed E-state index contributed by atoms with van der Waals surface area (Å²) in [6.45, 7) is 3.43. The second kappa shape index (κ2) is 5.26. The standard InChI is InChI=1S/C15H12N2OS2/c1-9-13(10(2)18)20-15(16-9)12-8-19-14(17-12)11-6-4-3-5-7-11/h3-8H,1-2H3. The minimum absolute atomic E-state index is 0.0600. The molecule has 0 radical (unpaired) electrons. The van der Waals surface area contributed by atoms with Gasteiger partial charge in [0.2, 0.25) is 0 Å². The molecule has 0 fully saturated rings. The number of thiazole rings is 2. The molecule has 0 atom stereocenters. The zero-order valence-corrected chi connectivity index (χ0v) is 12.7. The maximum atomic E-state index is 11.5. The molecule has 0 unspecified atom stereocenters. The van der Waals surface area contributed by atoms with Crippen LogP contribution in [0.4, 0.5) is 0 Å². The van der Waals surface area contributed by atoms with Crippen LogP contribution in [0.1, 0.15) is 22.3 Å². The molecule has 3 nitrogen and oxygen atoms in total. The molecule has 0 spiro atoms. The number of benzene rings is 1. The number of aryl methyl sites for hydroxylation is 1. The van der Waals surface area contributed by atoms with Crippen molar-refractivity contribution in [1.82, 2.24) is 9.97 Å². The van der Waals surface area contributed by atoms with E-state index in [2.05, 4.69) is 9.97 Å². The Morgan fingerprint density at radius 3 is 2.50 bits per heavy atom. The molecule has 0 saturated heterocycles. The van der Waals surface area contributed by atoms with Crippen molar-refractivity contribution >= 4 is 28.5 Å². The van der Waals surface area contributed by atoms with Crippen LogP contribution in [0.5, 0.6) is 0 Å². The molecule has 0 amide bonds. The Bertz CT molecular complexity index is 759. The summed E-state index contributed by atoms with van der Waals surface area (Å²) in [7, 11) is 0. The molecule has 0 saturated carbocycles. The van der Waals surface area contributed by atoms with Gasteiger partial charge in [-0.3, -0.25) is 4.79 Å². The van der Waals surface area contributed by atoms with Crippen LogP contribution in [-0.4, -0.2) is 15.8 Å². The van der Waals surface area contributed by atoms with Crippen LogP contribution in [0.15, 0.2) is 35.7 Å². The minimum Gasteiger partial charge on any atom is -0.294 e. The van der Waals surface area contributed by atoms with Crippen molar-refractivity contribution in [2.45, 2.75) is 13.8 Å². The highest BCUT2D eigenvalue weighted by Gasteiger charge is 2.15. The number of carbonyl (C=O) groups excluding carboxylic acids is 1. The van der Waals surface area contributed by atoms with Gasteiger partial charge < -0.3 is 0 Å². The zero-order valence-electron chi connectivity index (χ0n) is 11.1. The Kier molecular flexibility index (Phi) is 3.46. The van der Waals surface area contributed by atoms with Crippen molar-refractivity contribution in [2.75, 3.05) is 0 Å². The monoisotopic (exact) mass is 300 g/mol. The summed E-state index contributed by atoms with van der Waals surface area (Å²) in [5.41, 5.74) is 2.73. The normalized spacial score (nSPS) is 10.7. The third-order valence-corrected chi connectivity index (χ3v) is 5.03. The van der Waals surface area contributed by atoms with E-state index in [0.29, 0.717) is 4.88 Å². The topological polar surface area (TPSA) is 42.9 Å². The van der Waals surface area contributed by atoms with Gasteiger partial charge in [-0.15, -0.1) is 22.7 Å². The maximum Gasteiger partial charge on any atom is 0.171 e.